The van der Waals surface area contributed by atoms with E-state index >= 15 is 0 Å². The molecule has 0 N–H and O–H groups in total. The molecule has 2 fully saturated rings. The van der Waals surface area contributed by atoms with Gasteiger partial charge in [-0.3, -0.25) is 15.0 Å². The Hall–Kier alpha value is -1.71. The Kier molecular flexibility index (Phi) is 6.33. The molecule has 2 heterocycles. The molecule has 2 saturated heterocycles. The highest BCUT2D eigenvalue weighted by atomic mass is 32.2. The zero-order valence-electron chi connectivity index (χ0n) is 15.8. The number of hydrogen-bond acceptors (Lipinski definition) is 6. The van der Waals surface area contributed by atoms with Gasteiger partial charge in [-0.1, -0.05) is 13.3 Å². The minimum Gasteiger partial charge on any atom is -0.363 e. The lowest BCUT2D eigenvalue weighted by Gasteiger charge is -2.35. The quantitative estimate of drug-likeness (QED) is 0.542. The van der Waals surface area contributed by atoms with Crippen LogP contribution in [0, 0.1) is 10.1 Å². The second-order valence-electron chi connectivity index (χ2n) is 7.20. The minimum absolute atomic E-state index is 0.0180. The highest BCUT2D eigenvalue weighted by Gasteiger charge is 2.30. The third-order valence-electron chi connectivity index (χ3n) is 5.35. The highest BCUT2D eigenvalue weighted by Crippen LogP contribution is 2.33. The van der Waals surface area contributed by atoms with Crippen molar-refractivity contribution in [1.29, 1.82) is 0 Å². The first-order valence-corrected chi connectivity index (χ1v) is 11.1. The first-order valence-electron chi connectivity index (χ1n) is 9.69. The third-order valence-corrected chi connectivity index (χ3v) is 7.24. The van der Waals surface area contributed by atoms with Gasteiger partial charge in [0.25, 0.3) is 5.69 Å². The number of nitro benzene ring substituents is 1. The number of rotatable bonds is 6. The summed E-state index contributed by atoms with van der Waals surface area (Å²) in [7, 11) is -3.68. The van der Waals surface area contributed by atoms with Crippen molar-refractivity contribution < 1.29 is 13.3 Å². The van der Waals surface area contributed by atoms with Gasteiger partial charge in [0.1, 0.15) is 5.69 Å². The SMILES string of the molecule is CCCN1CCN(c2ccc(S(=O)(=O)N3CCCCC3)cc2[N+](=O)[O-])CC1. The largest absolute Gasteiger partial charge is 0.363 e. The van der Waals surface area contributed by atoms with E-state index in [1.165, 1.54) is 16.4 Å². The Morgan fingerprint density at radius 1 is 1.04 bits per heavy atom. The van der Waals surface area contributed by atoms with Gasteiger partial charge >= 0.3 is 0 Å². The molecule has 0 radical (unpaired) electrons. The van der Waals surface area contributed by atoms with Crippen molar-refractivity contribution in [2.75, 3.05) is 50.7 Å². The molecule has 1 aromatic carbocycles. The van der Waals surface area contributed by atoms with Crippen LogP contribution >= 0.6 is 0 Å². The van der Waals surface area contributed by atoms with E-state index in [0.29, 0.717) is 31.9 Å². The first kappa shape index (κ1) is 20.0. The molecule has 27 heavy (non-hydrogen) atoms. The van der Waals surface area contributed by atoms with Crippen molar-refractivity contribution in [3.8, 4) is 0 Å². The Morgan fingerprint density at radius 3 is 2.30 bits per heavy atom. The lowest BCUT2D eigenvalue weighted by Crippen LogP contribution is -2.46. The number of hydrogen-bond donors (Lipinski definition) is 0. The maximum Gasteiger partial charge on any atom is 0.293 e. The van der Waals surface area contributed by atoms with Gasteiger partial charge in [0.15, 0.2) is 0 Å². The van der Waals surface area contributed by atoms with E-state index in [0.717, 1.165) is 45.3 Å². The van der Waals surface area contributed by atoms with Crippen LogP contribution in [-0.4, -0.2) is 68.4 Å². The smallest absolute Gasteiger partial charge is 0.293 e. The zero-order chi connectivity index (χ0) is 19.4. The number of benzene rings is 1. The van der Waals surface area contributed by atoms with Crippen LogP contribution in [0.5, 0.6) is 0 Å². The molecule has 0 aromatic heterocycles. The summed E-state index contributed by atoms with van der Waals surface area (Å²) in [6.07, 6.45) is 3.78. The van der Waals surface area contributed by atoms with E-state index in [4.69, 9.17) is 0 Å². The van der Waals surface area contributed by atoms with Crippen molar-refractivity contribution in [2.45, 2.75) is 37.5 Å². The number of nitro groups is 1. The predicted molar refractivity (Wildman–Crippen MR) is 105 cm³/mol. The number of sulfonamides is 1. The van der Waals surface area contributed by atoms with Gasteiger partial charge in [-0.15, -0.1) is 0 Å². The molecule has 150 valence electrons. The van der Waals surface area contributed by atoms with Gasteiger partial charge in [-0.25, -0.2) is 8.42 Å². The second-order valence-corrected chi connectivity index (χ2v) is 9.14. The number of nitrogens with zero attached hydrogens (tertiary/aromatic N) is 4. The molecular weight excluding hydrogens is 368 g/mol. The average molecular weight is 397 g/mol. The molecule has 2 aliphatic rings. The molecule has 0 spiro atoms. The Morgan fingerprint density at radius 2 is 1.70 bits per heavy atom. The molecule has 8 nitrogen and oxygen atoms in total. The van der Waals surface area contributed by atoms with Crippen LogP contribution in [0.2, 0.25) is 0 Å². The number of piperidine rings is 1. The van der Waals surface area contributed by atoms with Crippen LogP contribution in [0.3, 0.4) is 0 Å². The summed E-state index contributed by atoms with van der Waals surface area (Å²) < 4.78 is 27.1. The summed E-state index contributed by atoms with van der Waals surface area (Å²) in [4.78, 5) is 15.5. The molecular formula is C18H28N4O4S. The van der Waals surface area contributed by atoms with E-state index < -0.39 is 14.9 Å². The molecule has 3 rings (SSSR count). The van der Waals surface area contributed by atoms with Crippen molar-refractivity contribution >= 4 is 21.4 Å². The first-order chi connectivity index (χ1) is 12.9. The van der Waals surface area contributed by atoms with Crippen LogP contribution < -0.4 is 4.90 Å². The van der Waals surface area contributed by atoms with Gasteiger partial charge in [-0.2, -0.15) is 4.31 Å². The molecule has 2 aliphatic heterocycles. The maximum atomic E-state index is 12.8. The van der Waals surface area contributed by atoms with Gasteiger partial charge < -0.3 is 4.90 Å². The van der Waals surface area contributed by atoms with Gasteiger partial charge in [0, 0.05) is 45.3 Å². The van der Waals surface area contributed by atoms with Crippen LogP contribution in [0.4, 0.5) is 11.4 Å². The minimum atomic E-state index is -3.68. The van der Waals surface area contributed by atoms with Crippen LogP contribution in [0.15, 0.2) is 23.1 Å². The molecule has 0 atom stereocenters. The van der Waals surface area contributed by atoms with Crippen molar-refractivity contribution in [3.63, 3.8) is 0 Å². The normalized spacial score (nSPS) is 20.0. The van der Waals surface area contributed by atoms with Crippen LogP contribution in [0.25, 0.3) is 0 Å². The van der Waals surface area contributed by atoms with Crippen molar-refractivity contribution in [2.24, 2.45) is 0 Å². The van der Waals surface area contributed by atoms with E-state index in [9.17, 15) is 18.5 Å². The summed E-state index contributed by atoms with van der Waals surface area (Å²) in [6.45, 7) is 7.27. The van der Waals surface area contributed by atoms with E-state index in [2.05, 4.69) is 11.8 Å². The summed E-state index contributed by atoms with van der Waals surface area (Å²) in [5.74, 6) is 0. The second kappa shape index (κ2) is 8.53. The van der Waals surface area contributed by atoms with E-state index in [-0.39, 0.29) is 10.6 Å². The Bertz CT molecular complexity index is 770. The zero-order valence-corrected chi connectivity index (χ0v) is 16.7. The Labute approximate surface area is 160 Å². The standard InChI is InChI=1S/C18H28N4O4S/c1-2-8-19-11-13-20(14-12-19)17-7-6-16(15-18(17)22(23)24)27(25,26)21-9-4-3-5-10-21/h6-7,15H,2-5,8-14H2,1H3. The Balaban J connectivity index is 1.84. The summed E-state index contributed by atoms with van der Waals surface area (Å²) in [5.41, 5.74) is 0.380. The molecule has 0 aliphatic carbocycles. The highest BCUT2D eigenvalue weighted by molar-refractivity contribution is 7.89. The summed E-state index contributed by atoms with van der Waals surface area (Å²) in [5, 5.41) is 11.6. The van der Waals surface area contributed by atoms with E-state index in [1.54, 1.807) is 6.07 Å². The number of anilines is 1. The topological polar surface area (TPSA) is 87.0 Å². The maximum absolute atomic E-state index is 12.8. The van der Waals surface area contributed by atoms with Crippen molar-refractivity contribution in [1.82, 2.24) is 9.21 Å². The fraction of sp³-hybridized carbons (Fsp3) is 0.667. The number of piperazine rings is 1. The lowest BCUT2D eigenvalue weighted by molar-refractivity contribution is -0.384. The fourth-order valence-corrected chi connectivity index (χ4v) is 5.40. The van der Waals surface area contributed by atoms with Gasteiger partial charge in [-0.05, 0) is 37.9 Å². The van der Waals surface area contributed by atoms with Crippen molar-refractivity contribution in [3.05, 3.63) is 28.3 Å². The lowest BCUT2D eigenvalue weighted by atomic mass is 10.2. The van der Waals surface area contributed by atoms with E-state index in [1.807, 2.05) is 4.90 Å². The molecule has 9 heteroatoms. The molecule has 0 saturated carbocycles. The van der Waals surface area contributed by atoms with Crippen LogP contribution in [-0.2, 0) is 10.0 Å². The van der Waals surface area contributed by atoms with Gasteiger partial charge in [0.05, 0.1) is 9.82 Å². The fourth-order valence-electron chi connectivity index (χ4n) is 3.86. The predicted octanol–water partition coefficient (Wildman–Crippen LogP) is 2.30. The molecule has 0 amide bonds. The summed E-state index contributed by atoms with van der Waals surface area (Å²) >= 11 is 0. The molecule has 1 aromatic rings. The monoisotopic (exact) mass is 396 g/mol. The molecule has 0 unspecified atom stereocenters. The van der Waals surface area contributed by atoms with Crippen LogP contribution in [0.1, 0.15) is 32.6 Å². The third kappa shape index (κ3) is 4.41. The summed E-state index contributed by atoms with van der Waals surface area (Å²) in [6, 6.07) is 4.35. The average Bonchev–Trinajstić information content (AvgIpc) is 2.69. The van der Waals surface area contributed by atoms with Gasteiger partial charge in [0.2, 0.25) is 10.0 Å². The molecule has 0 bridgehead atoms.